The van der Waals surface area contributed by atoms with Gasteiger partial charge in [-0.2, -0.15) is 0 Å². The predicted octanol–water partition coefficient (Wildman–Crippen LogP) is 4.00. The van der Waals surface area contributed by atoms with E-state index in [1.807, 2.05) is 43.3 Å². The van der Waals surface area contributed by atoms with Gasteiger partial charge in [-0.3, -0.25) is 9.59 Å². The lowest BCUT2D eigenvalue weighted by Gasteiger charge is -2.37. The van der Waals surface area contributed by atoms with Crippen molar-refractivity contribution in [1.82, 2.24) is 10.2 Å². The number of nitrogens with zero attached hydrogens (tertiary/aromatic N) is 1. The molecule has 0 aliphatic carbocycles. The zero-order valence-electron chi connectivity index (χ0n) is 16.5. The number of carbonyl (C=O) groups is 2. The van der Waals surface area contributed by atoms with Crippen LogP contribution in [-0.2, 0) is 9.59 Å². The Morgan fingerprint density at radius 1 is 1.23 bits per heavy atom. The van der Waals surface area contributed by atoms with Crippen LogP contribution in [0.1, 0.15) is 46.6 Å². The van der Waals surface area contributed by atoms with E-state index in [0.717, 1.165) is 16.8 Å². The first-order valence-corrected chi connectivity index (χ1v) is 9.33. The lowest BCUT2D eigenvalue weighted by molar-refractivity contribution is -0.139. The van der Waals surface area contributed by atoms with Crippen LogP contribution in [0.5, 0.6) is 0 Å². The van der Waals surface area contributed by atoms with Crippen LogP contribution in [0, 0.1) is 11.8 Å². The highest BCUT2D eigenvalue weighted by molar-refractivity contribution is 5.99. The summed E-state index contributed by atoms with van der Waals surface area (Å²) in [4.78, 5) is 27.3. The summed E-state index contributed by atoms with van der Waals surface area (Å²) in [5, 5.41) is 2.98. The average molecular weight is 354 g/mol. The molecule has 1 fully saturated rings. The molecule has 1 atom stereocenters. The quantitative estimate of drug-likeness (QED) is 0.813. The number of piperazine rings is 1. The Kier molecular flexibility index (Phi) is 6.78. The monoisotopic (exact) mass is 354 g/mol. The Hall–Kier alpha value is -2.36. The van der Waals surface area contributed by atoms with Gasteiger partial charge in [0.05, 0.1) is 6.54 Å². The average Bonchev–Trinajstić information content (AvgIpc) is 2.56. The van der Waals surface area contributed by atoms with Crippen molar-refractivity contribution in [3.63, 3.8) is 0 Å². The Bertz CT molecular complexity index is 702. The van der Waals surface area contributed by atoms with Crippen LogP contribution in [0.3, 0.4) is 0 Å². The fourth-order valence-electron chi connectivity index (χ4n) is 3.18. The maximum atomic E-state index is 13.0. The summed E-state index contributed by atoms with van der Waals surface area (Å²) in [5.74, 6) is 0.443. The molecule has 2 rings (SSSR count). The van der Waals surface area contributed by atoms with Crippen LogP contribution in [0.15, 0.2) is 48.2 Å². The maximum absolute atomic E-state index is 13.0. The molecular weight excluding hydrogens is 324 g/mol. The number of carbonyl (C=O) groups excluding carboxylic acids is 2. The minimum atomic E-state index is -0.424. The third-order valence-corrected chi connectivity index (χ3v) is 4.38. The van der Waals surface area contributed by atoms with Gasteiger partial charge in [-0.05, 0) is 36.3 Å². The van der Waals surface area contributed by atoms with Crippen molar-refractivity contribution in [2.75, 3.05) is 6.54 Å². The Labute approximate surface area is 157 Å². The first-order chi connectivity index (χ1) is 12.3. The molecule has 0 spiro atoms. The highest BCUT2D eigenvalue weighted by atomic mass is 16.2. The zero-order chi connectivity index (χ0) is 19.3. The Morgan fingerprint density at radius 2 is 1.88 bits per heavy atom. The molecule has 1 aliphatic heterocycles. The predicted molar refractivity (Wildman–Crippen MR) is 106 cm³/mol. The fraction of sp³-hybridized carbons (Fsp3) is 0.455. The van der Waals surface area contributed by atoms with E-state index in [-0.39, 0.29) is 11.8 Å². The summed E-state index contributed by atoms with van der Waals surface area (Å²) < 4.78 is 0. The van der Waals surface area contributed by atoms with Gasteiger partial charge in [-0.1, -0.05) is 64.1 Å². The number of hydrogen-bond donors (Lipinski definition) is 1. The van der Waals surface area contributed by atoms with E-state index in [2.05, 4.69) is 33.0 Å². The molecule has 1 N–H and O–H groups in total. The van der Waals surface area contributed by atoms with E-state index in [0.29, 0.717) is 24.8 Å². The SMILES string of the molecule is C/C(=C\C(=O)N1C/C(=C\C(C)C)NC(=O)[C@@H]1CC(C)C)c1ccccc1. The molecule has 4 heteroatoms. The molecule has 0 aromatic heterocycles. The molecule has 0 radical (unpaired) electrons. The van der Waals surface area contributed by atoms with Gasteiger partial charge in [0.15, 0.2) is 0 Å². The topological polar surface area (TPSA) is 49.4 Å². The van der Waals surface area contributed by atoms with Gasteiger partial charge in [0, 0.05) is 11.8 Å². The van der Waals surface area contributed by atoms with Crippen molar-refractivity contribution < 1.29 is 9.59 Å². The normalized spacial score (nSPS) is 20.0. The second-order valence-electron chi connectivity index (χ2n) is 7.73. The largest absolute Gasteiger partial charge is 0.327 e. The standard InChI is InChI=1S/C22H30N2O2/c1-15(2)11-19-14-24(20(12-16(3)4)22(26)23-19)21(25)13-17(5)18-9-7-6-8-10-18/h6-11,13,15-16,20H,12,14H2,1-5H3,(H,23,26)/b17-13+,19-11+/t20-/m0/s1. The fourth-order valence-corrected chi connectivity index (χ4v) is 3.18. The highest BCUT2D eigenvalue weighted by Crippen LogP contribution is 2.21. The van der Waals surface area contributed by atoms with Gasteiger partial charge in [0.1, 0.15) is 6.04 Å². The molecule has 26 heavy (non-hydrogen) atoms. The third kappa shape index (κ3) is 5.32. The summed E-state index contributed by atoms with van der Waals surface area (Å²) in [6.45, 7) is 10.6. The molecule has 1 saturated heterocycles. The number of allylic oxidation sites excluding steroid dienone is 2. The Morgan fingerprint density at radius 3 is 2.46 bits per heavy atom. The van der Waals surface area contributed by atoms with Gasteiger partial charge < -0.3 is 10.2 Å². The van der Waals surface area contributed by atoms with Crippen LogP contribution in [0.2, 0.25) is 0 Å². The summed E-state index contributed by atoms with van der Waals surface area (Å²) >= 11 is 0. The third-order valence-electron chi connectivity index (χ3n) is 4.38. The summed E-state index contributed by atoms with van der Waals surface area (Å²) in [6.07, 6.45) is 4.32. The van der Waals surface area contributed by atoms with Crippen molar-refractivity contribution in [3.8, 4) is 0 Å². The van der Waals surface area contributed by atoms with E-state index in [1.165, 1.54) is 0 Å². The lowest BCUT2D eigenvalue weighted by Crippen LogP contribution is -2.56. The number of nitrogens with one attached hydrogen (secondary N) is 1. The van der Waals surface area contributed by atoms with Crippen molar-refractivity contribution in [3.05, 3.63) is 53.7 Å². The van der Waals surface area contributed by atoms with Gasteiger partial charge >= 0.3 is 0 Å². The summed E-state index contributed by atoms with van der Waals surface area (Å²) in [7, 11) is 0. The Balaban J connectivity index is 2.29. The molecule has 1 aromatic carbocycles. The van der Waals surface area contributed by atoms with Crippen LogP contribution < -0.4 is 5.32 Å². The zero-order valence-corrected chi connectivity index (χ0v) is 16.5. The lowest BCUT2D eigenvalue weighted by atomic mass is 9.98. The molecule has 4 nitrogen and oxygen atoms in total. The van der Waals surface area contributed by atoms with Crippen molar-refractivity contribution in [2.45, 2.75) is 47.1 Å². The molecule has 140 valence electrons. The van der Waals surface area contributed by atoms with Gasteiger partial charge in [0.2, 0.25) is 11.8 Å². The van der Waals surface area contributed by atoms with E-state index < -0.39 is 6.04 Å². The smallest absolute Gasteiger partial charge is 0.247 e. The molecule has 0 bridgehead atoms. The number of benzene rings is 1. The molecule has 0 unspecified atom stereocenters. The molecule has 1 aliphatic rings. The number of hydrogen-bond acceptors (Lipinski definition) is 2. The van der Waals surface area contributed by atoms with Crippen LogP contribution in [0.25, 0.3) is 5.57 Å². The molecular formula is C22H30N2O2. The minimum absolute atomic E-state index is 0.0871. The van der Waals surface area contributed by atoms with Crippen LogP contribution in [0.4, 0.5) is 0 Å². The van der Waals surface area contributed by atoms with E-state index in [9.17, 15) is 9.59 Å². The maximum Gasteiger partial charge on any atom is 0.247 e. The summed E-state index contributed by atoms with van der Waals surface area (Å²) in [6, 6.07) is 9.41. The van der Waals surface area contributed by atoms with E-state index >= 15 is 0 Å². The molecule has 0 saturated carbocycles. The second-order valence-corrected chi connectivity index (χ2v) is 7.73. The number of amides is 2. The van der Waals surface area contributed by atoms with Crippen molar-refractivity contribution in [1.29, 1.82) is 0 Å². The van der Waals surface area contributed by atoms with Crippen LogP contribution in [-0.4, -0.2) is 29.3 Å². The van der Waals surface area contributed by atoms with Crippen molar-refractivity contribution >= 4 is 17.4 Å². The molecule has 2 amide bonds. The summed E-state index contributed by atoms with van der Waals surface area (Å²) in [5.41, 5.74) is 2.73. The number of rotatable bonds is 5. The van der Waals surface area contributed by atoms with E-state index in [4.69, 9.17) is 0 Å². The van der Waals surface area contributed by atoms with Gasteiger partial charge in [-0.25, -0.2) is 0 Å². The van der Waals surface area contributed by atoms with E-state index in [1.54, 1.807) is 11.0 Å². The first-order valence-electron chi connectivity index (χ1n) is 9.33. The highest BCUT2D eigenvalue weighted by Gasteiger charge is 2.34. The van der Waals surface area contributed by atoms with Crippen LogP contribution >= 0.6 is 0 Å². The van der Waals surface area contributed by atoms with Crippen molar-refractivity contribution in [2.24, 2.45) is 11.8 Å². The van der Waals surface area contributed by atoms with Gasteiger partial charge in [0.25, 0.3) is 0 Å². The first kappa shape index (κ1) is 20.0. The minimum Gasteiger partial charge on any atom is -0.327 e. The molecule has 1 heterocycles. The second kappa shape index (κ2) is 8.84. The van der Waals surface area contributed by atoms with Gasteiger partial charge in [-0.15, -0.1) is 0 Å². The molecule has 1 aromatic rings.